The molecule has 194 valence electrons. The lowest BCUT2D eigenvalue weighted by Gasteiger charge is -2.25. The van der Waals surface area contributed by atoms with Gasteiger partial charge in [-0.25, -0.2) is 4.98 Å². The largest absolute Gasteiger partial charge is 0.497 e. The molecule has 2 aliphatic rings. The van der Waals surface area contributed by atoms with Gasteiger partial charge >= 0.3 is 0 Å². The third kappa shape index (κ3) is 5.81. The van der Waals surface area contributed by atoms with Crippen molar-refractivity contribution in [2.75, 3.05) is 37.9 Å². The third-order valence-corrected chi connectivity index (χ3v) is 7.59. The number of rotatable bonds is 7. The molecule has 1 aromatic heterocycles. The molecule has 1 aliphatic carbocycles. The molecule has 0 spiro atoms. The van der Waals surface area contributed by atoms with E-state index in [-0.39, 0.29) is 5.91 Å². The Morgan fingerprint density at radius 2 is 1.84 bits per heavy atom. The van der Waals surface area contributed by atoms with Gasteiger partial charge in [-0.3, -0.25) is 4.79 Å². The molecule has 8 nitrogen and oxygen atoms in total. The van der Waals surface area contributed by atoms with Crippen molar-refractivity contribution in [3.05, 3.63) is 64.3 Å². The Hall–Kier alpha value is -3.36. The van der Waals surface area contributed by atoms with Crippen LogP contribution in [-0.2, 0) is 12.8 Å². The second-order valence-electron chi connectivity index (χ2n) is 9.59. The monoisotopic (exact) mass is 520 g/mol. The van der Waals surface area contributed by atoms with Gasteiger partial charge in [0.05, 0.1) is 24.6 Å². The van der Waals surface area contributed by atoms with Crippen LogP contribution < -0.4 is 20.7 Å². The standard InChI is InChI=1S/C28H33ClN6O2/c1-30-27(36)23-16-22(37-2)11-12-25(23)33-26-24(29)17-31-28(34-26)32-20-8-5-18-6-9-21(10-7-19(18)15-20)35-13-3-4-14-35/h5,8,11-12,15-17,21H,3-4,6-7,9-10,13-14H2,1-2H3,(H,30,36)(H2,31,32,33,34)/t21-/m0/s1. The molecule has 1 saturated heterocycles. The van der Waals surface area contributed by atoms with Crippen LogP contribution in [0, 0.1) is 0 Å². The summed E-state index contributed by atoms with van der Waals surface area (Å²) in [5.74, 6) is 1.15. The Morgan fingerprint density at radius 3 is 2.59 bits per heavy atom. The highest BCUT2D eigenvalue weighted by Gasteiger charge is 2.24. The Balaban J connectivity index is 1.32. The van der Waals surface area contributed by atoms with E-state index in [1.807, 2.05) is 0 Å². The first-order valence-corrected chi connectivity index (χ1v) is 13.2. The fourth-order valence-electron chi connectivity index (χ4n) is 5.29. The lowest BCUT2D eigenvalue weighted by molar-refractivity contribution is 0.0963. The van der Waals surface area contributed by atoms with E-state index in [0.717, 1.165) is 18.5 Å². The minimum absolute atomic E-state index is 0.248. The molecule has 1 amide bonds. The number of halogens is 1. The van der Waals surface area contributed by atoms with Crippen molar-refractivity contribution in [2.24, 2.45) is 0 Å². The second-order valence-corrected chi connectivity index (χ2v) is 10.00. The van der Waals surface area contributed by atoms with Gasteiger partial charge in [-0.15, -0.1) is 0 Å². The minimum atomic E-state index is -0.248. The Labute approximate surface area is 222 Å². The molecule has 0 unspecified atom stereocenters. The average molecular weight is 521 g/mol. The van der Waals surface area contributed by atoms with Crippen molar-refractivity contribution >= 4 is 40.6 Å². The van der Waals surface area contributed by atoms with Crippen LogP contribution in [0.4, 0.5) is 23.1 Å². The first-order valence-electron chi connectivity index (χ1n) is 12.9. The number of methoxy groups -OCH3 is 1. The number of fused-ring (bicyclic) bond motifs is 1. The number of anilines is 4. The van der Waals surface area contributed by atoms with Crippen LogP contribution in [0.1, 0.15) is 47.2 Å². The van der Waals surface area contributed by atoms with Crippen LogP contribution in [0.5, 0.6) is 5.75 Å². The smallest absolute Gasteiger partial charge is 0.253 e. The van der Waals surface area contributed by atoms with Crippen molar-refractivity contribution in [1.29, 1.82) is 0 Å². The van der Waals surface area contributed by atoms with Gasteiger partial charge in [0.25, 0.3) is 5.91 Å². The number of hydrogen-bond donors (Lipinski definition) is 3. The fraction of sp³-hybridized carbons (Fsp3) is 0.393. The van der Waals surface area contributed by atoms with E-state index < -0.39 is 0 Å². The zero-order chi connectivity index (χ0) is 25.8. The van der Waals surface area contributed by atoms with E-state index in [2.05, 4.69) is 49.0 Å². The number of likely N-dealkylation sites (tertiary alicyclic amines) is 1. The van der Waals surface area contributed by atoms with Gasteiger partial charge in [-0.1, -0.05) is 17.7 Å². The molecule has 9 heteroatoms. The molecule has 1 aliphatic heterocycles. The van der Waals surface area contributed by atoms with Gasteiger partial charge in [0.1, 0.15) is 10.8 Å². The van der Waals surface area contributed by atoms with Gasteiger partial charge in [-0.05, 0) is 93.1 Å². The number of ether oxygens (including phenoxy) is 1. The molecule has 5 rings (SSSR count). The molecule has 0 radical (unpaired) electrons. The molecule has 1 fully saturated rings. The second kappa shape index (κ2) is 11.4. The van der Waals surface area contributed by atoms with Crippen molar-refractivity contribution in [3.8, 4) is 5.75 Å². The number of amides is 1. The van der Waals surface area contributed by atoms with Crippen LogP contribution >= 0.6 is 11.6 Å². The fourth-order valence-corrected chi connectivity index (χ4v) is 5.43. The first kappa shape index (κ1) is 25.3. The van der Waals surface area contributed by atoms with Gasteiger partial charge in [-0.2, -0.15) is 4.98 Å². The molecular weight excluding hydrogens is 488 g/mol. The Morgan fingerprint density at radius 1 is 1.05 bits per heavy atom. The van der Waals surface area contributed by atoms with Gasteiger partial charge in [0.15, 0.2) is 5.82 Å². The molecule has 2 aromatic carbocycles. The summed E-state index contributed by atoms with van der Waals surface area (Å²) in [6, 6.07) is 12.4. The summed E-state index contributed by atoms with van der Waals surface area (Å²) in [6.07, 6.45) is 8.86. The van der Waals surface area contributed by atoms with Crippen LogP contribution in [0.2, 0.25) is 5.02 Å². The van der Waals surface area contributed by atoms with Crippen LogP contribution in [0.15, 0.2) is 42.6 Å². The Bertz CT molecular complexity index is 1280. The maximum absolute atomic E-state index is 12.4. The van der Waals surface area contributed by atoms with Crippen LogP contribution in [0.25, 0.3) is 0 Å². The number of carbonyl (C=O) groups excluding carboxylic acids is 1. The van der Waals surface area contributed by atoms with Crippen molar-refractivity contribution in [3.63, 3.8) is 0 Å². The predicted octanol–water partition coefficient (Wildman–Crippen LogP) is 5.33. The molecule has 1 atom stereocenters. The van der Waals surface area contributed by atoms with Crippen molar-refractivity contribution in [2.45, 2.75) is 44.6 Å². The predicted molar refractivity (Wildman–Crippen MR) is 148 cm³/mol. The summed E-state index contributed by atoms with van der Waals surface area (Å²) in [5, 5.41) is 9.51. The average Bonchev–Trinajstić information content (AvgIpc) is 3.38. The van der Waals surface area contributed by atoms with E-state index in [1.165, 1.54) is 49.9 Å². The molecule has 0 saturated carbocycles. The van der Waals surface area contributed by atoms with Gasteiger partial charge in [0, 0.05) is 18.8 Å². The number of aromatic nitrogens is 2. The zero-order valence-corrected chi connectivity index (χ0v) is 22.1. The SMILES string of the molecule is CNC(=O)c1cc(OC)ccc1Nc1nc(Nc2ccc3c(c2)CC[C@@H](N2CCCC2)CC3)ncc1Cl. The number of carbonyl (C=O) groups is 1. The molecular formula is C28H33ClN6O2. The molecule has 2 heterocycles. The van der Waals surface area contributed by atoms with Gasteiger partial charge < -0.3 is 25.6 Å². The summed E-state index contributed by atoms with van der Waals surface area (Å²) in [7, 11) is 3.14. The number of benzene rings is 2. The van der Waals surface area contributed by atoms with Crippen LogP contribution in [-0.4, -0.2) is 54.1 Å². The van der Waals surface area contributed by atoms with E-state index in [9.17, 15) is 4.79 Å². The van der Waals surface area contributed by atoms with Crippen molar-refractivity contribution < 1.29 is 9.53 Å². The molecule has 0 bridgehead atoms. The number of nitrogens with zero attached hydrogens (tertiary/aromatic N) is 3. The van der Waals surface area contributed by atoms with E-state index in [0.29, 0.717) is 39.8 Å². The summed E-state index contributed by atoms with van der Waals surface area (Å²) < 4.78 is 5.27. The van der Waals surface area contributed by atoms with E-state index >= 15 is 0 Å². The third-order valence-electron chi connectivity index (χ3n) is 7.31. The van der Waals surface area contributed by atoms with E-state index in [1.54, 1.807) is 38.6 Å². The summed E-state index contributed by atoms with van der Waals surface area (Å²) in [4.78, 5) is 24.1. The topological polar surface area (TPSA) is 91.4 Å². The number of hydrogen-bond acceptors (Lipinski definition) is 7. The number of nitrogens with one attached hydrogen (secondary N) is 3. The van der Waals surface area contributed by atoms with Gasteiger partial charge in [0.2, 0.25) is 5.95 Å². The highest BCUT2D eigenvalue weighted by atomic mass is 35.5. The lowest BCUT2D eigenvalue weighted by atomic mass is 10.0. The minimum Gasteiger partial charge on any atom is -0.497 e. The molecule has 3 N–H and O–H groups in total. The zero-order valence-electron chi connectivity index (χ0n) is 21.3. The van der Waals surface area contributed by atoms with Crippen molar-refractivity contribution in [1.82, 2.24) is 20.2 Å². The first-order chi connectivity index (χ1) is 18.0. The quantitative estimate of drug-likeness (QED) is 0.363. The highest BCUT2D eigenvalue weighted by molar-refractivity contribution is 6.33. The summed E-state index contributed by atoms with van der Waals surface area (Å²) >= 11 is 6.41. The summed E-state index contributed by atoms with van der Waals surface area (Å²) in [5.41, 5.74) is 4.76. The normalized spacial score (nSPS) is 17.5. The maximum Gasteiger partial charge on any atom is 0.253 e. The van der Waals surface area contributed by atoms with Crippen LogP contribution in [0.3, 0.4) is 0 Å². The number of aryl methyl sites for hydroxylation is 2. The molecule has 3 aromatic rings. The summed E-state index contributed by atoms with van der Waals surface area (Å²) in [6.45, 7) is 2.50. The highest BCUT2D eigenvalue weighted by Crippen LogP contribution is 2.31. The Kier molecular flexibility index (Phi) is 7.76. The maximum atomic E-state index is 12.4. The van der Waals surface area contributed by atoms with E-state index in [4.69, 9.17) is 16.3 Å². The lowest BCUT2D eigenvalue weighted by Crippen LogP contribution is -2.32. The molecule has 37 heavy (non-hydrogen) atoms.